The number of pyridine rings is 1. The summed E-state index contributed by atoms with van der Waals surface area (Å²) >= 11 is 5.88. The molecule has 1 aliphatic rings. The second-order valence-corrected chi connectivity index (χ2v) is 4.70. The van der Waals surface area contributed by atoms with Gasteiger partial charge in [-0.3, -0.25) is 0 Å². The first kappa shape index (κ1) is 9.90. The third-order valence-corrected chi connectivity index (χ3v) is 3.29. The van der Waals surface area contributed by atoms with Gasteiger partial charge < -0.3 is 5.32 Å². The van der Waals surface area contributed by atoms with Gasteiger partial charge in [0.25, 0.3) is 0 Å². The normalized spacial score (nSPS) is 16.3. The lowest BCUT2D eigenvalue weighted by atomic mass is 9.85. The topological polar surface area (TPSA) is 42.2 Å². The first-order valence-corrected chi connectivity index (χ1v) is 5.95. The molecule has 0 unspecified atom stereocenters. The van der Waals surface area contributed by atoms with E-state index in [1.54, 1.807) is 10.7 Å². The molecule has 0 amide bonds. The van der Waals surface area contributed by atoms with Gasteiger partial charge in [-0.1, -0.05) is 18.0 Å². The van der Waals surface area contributed by atoms with Crippen molar-refractivity contribution in [3.63, 3.8) is 0 Å². The van der Waals surface area contributed by atoms with E-state index in [-0.39, 0.29) is 0 Å². The van der Waals surface area contributed by atoms with Crippen molar-refractivity contribution < 1.29 is 0 Å². The van der Waals surface area contributed by atoms with E-state index in [0.29, 0.717) is 11.0 Å². The Morgan fingerprint density at radius 2 is 2.31 bits per heavy atom. The fraction of sp³-hybridized carbons (Fsp3) is 0.455. The van der Waals surface area contributed by atoms with Crippen LogP contribution in [0.1, 0.15) is 19.3 Å². The number of hydrogen-bond donors (Lipinski definition) is 1. The molecular weight excluding hydrogens is 224 g/mol. The highest BCUT2D eigenvalue weighted by molar-refractivity contribution is 6.30. The third kappa shape index (κ3) is 1.85. The van der Waals surface area contributed by atoms with E-state index in [4.69, 9.17) is 11.6 Å². The molecule has 0 saturated heterocycles. The van der Waals surface area contributed by atoms with Gasteiger partial charge in [-0.15, -0.1) is 5.10 Å². The number of hydrogen-bond acceptors (Lipinski definition) is 3. The zero-order chi connectivity index (χ0) is 11.0. The van der Waals surface area contributed by atoms with Crippen LogP contribution in [0.25, 0.3) is 5.65 Å². The Morgan fingerprint density at radius 3 is 3.06 bits per heavy atom. The number of anilines is 1. The summed E-state index contributed by atoms with van der Waals surface area (Å²) in [7, 11) is 0. The van der Waals surface area contributed by atoms with Gasteiger partial charge >= 0.3 is 0 Å². The van der Waals surface area contributed by atoms with Crippen LogP contribution in [0.2, 0.25) is 5.02 Å². The Bertz CT molecular complexity index is 504. The highest BCUT2D eigenvalue weighted by atomic mass is 35.5. The Kier molecular flexibility index (Phi) is 2.44. The minimum atomic E-state index is 0.669. The smallest absolute Gasteiger partial charge is 0.243 e. The van der Waals surface area contributed by atoms with Gasteiger partial charge in [-0.05, 0) is 30.9 Å². The minimum absolute atomic E-state index is 0.669. The Hall–Kier alpha value is -1.29. The fourth-order valence-electron chi connectivity index (χ4n) is 1.87. The predicted octanol–water partition coefficient (Wildman–Crippen LogP) is 2.59. The summed E-state index contributed by atoms with van der Waals surface area (Å²) in [6.45, 7) is 0.977. The standard InChI is InChI=1S/C11H13ClN4/c12-9-4-5-10-14-11(15-16(10)7-9)13-6-8-2-1-3-8/h4-5,7-8H,1-3,6H2,(H,13,15). The highest BCUT2D eigenvalue weighted by Gasteiger charge is 2.17. The third-order valence-electron chi connectivity index (χ3n) is 3.07. The maximum absolute atomic E-state index is 5.88. The Labute approximate surface area is 98.6 Å². The molecule has 0 aromatic carbocycles. The summed E-state index contributed by atoms with van der Waals surface area (Å²) in [5.74, 6) is 1.49. The SMILES string of the molecule is Clc1ccc2nc(NCC3CCC3)nn2c1. The maximum atomic E-state index is 5.88. The molecule has 0 radical (unpaired) electrons. The minimum Gasteiger partial charge on any atom is -0.353 e. The zero-order valence-corrected chi connectivity index (χ0v) is 9.61. The quantitative estimate of drug-likeness (QED) is 0.891. The molecule has 4 nitrogen and oxygen atoms in total. The van der Waals surface area contributed by atoms with E-state index in [9.17, 15) is 0 Å². The molecule has 5 heteroatoms. The molecule has 1 aliphatic carbocycles. The van der Waals surface area contributed by atoms with E-state index >= 15 is 0 Å². The second-order valence-electron chi connectivity index (χ2n) is 4.26. The molecule has 0 atom stereocenters. The first-order chi connectivity index (χ1) is 7.81. The number of rotatable bonds is 3. The molecular formula is C11H13ClN4. The van der Waals surface area contributed by atoms with Gasteiger partial charge in [0.15, 0.2) is 5.65 Å². The predicted molar refractivity (Wildman–Crippen MR) is 63.8 cm³/mol. The average Bonchev–Trinajstić information content (AvgIpc) is 2.57. The van der Waals surface area contributed by atoms with Crippen LogP contribution < -0.4 is 5.32 Å². The van der Waals surface area contributed by atoms with Crippen molar-refractivity contribution >= 4 is 23.2 Å². The molecule has 0 bridgehead atoms. The zero-order valence-electron chi connectivity index (χ0n) is 8.86. The van der Waals surface area contributed by atoms with E-state index in [0.717, 1.165) is 18.1 Å². The summed E-state index contributed by atoms with van der Waals surface area (Å²) in [4.78, 5) is 4.37. The van der Waals surface area contributed by atoms with Crippen molar-refractivity contribution in [2.24, 2.45) is 5.92 Å². The molecule has 3 rings (SSSR count). The van der Waals surface area contributed by atoms with E-state index in [1.807, 2.05) is 12.1 Å². The van der Waals surface area contributed by atoms with Crippen LogP contribution in [0.4, 0.5) is 5.95 Å². The summed E-state index contributed by atoms with van der Waals surface area (Å²) in [6.07, 6.45) is 5.78. The molecule has 0 aliphatic heterocycles. The van der Waals surface area contributed by atoms with E-state index in [1.165, 1.54) is 19.3 Å². The van der Waals surface area contributed by atoms with Crippen LogP contribution in [0.5, 0.6) is 0 Å². The van der Waals surface area contributed by atoms with Crippen molar-refractivity contribution in [3.05, 3.63) is 23.4 Å². The number of nitrogens with zero attached hydrogens (tertiary/aromatic N) is 3. The van der Waals surface area contributed by atoms with Crippen molar-refractivity contribution in [1.29, 1.82) is 0 Å². The van der Waals surface area contributed by atoms with Gasteiger partial charge in [0.05, 0.1) is 5.02 Å². The van der Waals surface area contributed by atoms with Gasteiger partial charge in [0.1, 0.15) is 0 Å². The van der Waals surface area contributed by atoms with Crippen LogP contribution in [0.3, 0.4) is 0 Å². The van der Waals surface area contributed by atoms with Crippen LogP contribution in [-0.2, 0) is 0 Å². The molecule has 1 N–H and O–H groups in total. The molecule has 1 fully saturated rings. The summed E-state index contributed by atoms with van der Waals surface area (Å²) in [5, 5.41) is 8.25. The lowest BCUT2D eigenvalue weighted by molar-refractivity contribution is 0.333. The van der Waals surface area contributed by atoms with Crippen molar-refractivity contribution in [3.8, 4) is 0 Å². The maximum Gasteiger partial charge on any atom is 0.243 e. The molecule has 16 heavy (non-hydrogen) atoms. The van der Waals surface area contributed by atoms with Crippen molar-refractivity contribution in [2.75, 3.05) is 11.9 Å². The average molecular weight is 237 g/mol. The van der Waals surface area contributed by atoms with Crippen LogP contribution in [-0.4, -0.2) is 21.1 Å². The van der Waals surface area contributed by atoms with Crippen molar-refractivity contribution in [2.45, 2.75) is 19.3 Å². The van der Waals surface area contributed by atoms with Crippen LogP contribution >= 0.6 is 11.6 Å². The fourth-order valence-corrected chi connectivity index (χ4v) is 2.02. The first-order valence-electron chi connectivity index (χ1n) is 5.57. The van der Waals surface area contributed by atoms with Crippen LogP contribution in [0.15, 0.2) is 18.3 Å². The number of halogens is 1. The largest absolute Gasteiger partial charge is 0.353 e. The number of fused-ring (bicyclic) bond motifs is 1. The Morgan fingerprint density at radius 1 is 1.44 bits per heavy atom. The molecule has 2 heterocycles. The summed E-state index contributed by atoms with van der Waals surface area (Å²) in [5.41, 5.74) is 0.820. The number of nitrogens with one attached hydrogen (secondary N) is 1. The molecule has 2 aromatic heterocycles. The Balaban J connectivity index is 1.76. The molecule has 1 saturated carbocycles. The lowest BCUT2D eigenvalue weighted by Crippen LogP contribution is -2.21. The monoisotopic (exact) mass is 236 g/mol. The number of aromatic nitrogens is 3. The van der Waals surface area contributed by atoms with Crippen molar-refractivity contribution in [1.82, 2.24) is 14.6 Å². The van der Waals surface area contributed by atoms with Gasteiger partial charge in [0, 0.05) is 12.7 Å². The van der Waals surface area contributed by atoms with E-state index < -0.39 is 0 Å². The summed E-state index contributed by atoms with van der Waals surface area (Å²) in [6, 6.07) is 3.69. The molecule has 0 spiro atoms. The van der Waals surface area contributed by atoms with Gasteiger partial charge in [-0.25, -0.2) is 4.52 Å². The lowest BCUT2D eigenvalue weighted by Gasteiger charge is -2.24. The summed E-state index contributed by atoms with van der Waals surface area (Å²) < 4.78 is 1.70. The van der Waals surface area contributed by atoms with E-state index in [2.05, 4.69) is 15.4 Å². The second kappa shape index (κ2) is 3.94. The van der Waals surface area contributed by atoms with Gasteiger partial charge in [0.2, 0.25) is 5.95 Å². The molecule has 84 valence electrons. The highest BCUT2D eigenvalue weighted by Crippen LogP contribution is 2.26. The van der Waals surface area contributed by atoms with Gasteiger partial charge in [-0.2, -0.15) is 4.98 Å². The molecule has 2 aromatic rings. The van der Waals surface area contributed by atoms with Crippen LogP contribution in [0, 0.1) is 5.92 Å².